The SMILES string of the molecule is O=C(CCC1CCCC1)N1CCC(c2nc(C3CCCC3)no2)C1. The van der Waals surface area contributed by atoms with Crippen LogP contribution in [0.5, 0.6) is 0 Å². The Balaban J connectivity index is 1.28. The summed E-state index contributed by atoms with van der Waals surface area (Å²) in [6, 6.07) is 0. The molecule has 1 amide bonds. The predicted octanol–water partition coefficient (Wildman–Crippen LogP) is 4.01. The number of aromatic nitrogens is 2. The second-order valence-corrected chi connectivity index (χ2v) is 7.99. The fourth-order valence-electron chi connectivity index (χ4n) is 4.74. The highest BCUT2D eigenvalue weighted by Crippen LogP contribution is 2.34. The van der Waals surface area contributed by atoms with E-state index >= 15 is 0 Å². The number of hydrogen-bond donors (Lipinski definition) is 0. The highest BCUT2D eigenvalue weighted by Gasteiger charge is 2.32. The fourth-order valence-corrected chi connectivity index (χ4v) is 4.74. The van der Waals surface area contributed by atoms with Crippen LogP contribution in [0.25, 0.3) is 0 Å². The molecular formula is C19H29N3O2. The van der Waals surface area contributed by atoms with Gasteiger partial charge in [-0.15, -0.1) is 0 Å². The fraction of sp³-hybridized carbons (Fsp3) is 0.842. The zero-order chi connectivity index (χ0) is 16.4. The molecule has 5 nitrogen and oxygen atoms in total. The third-order valence-corrected chi connectivity index (χ3v) is 6.31. The van der Waals surface area contributed by atoms with Gasteiger partial charge in [0.2, 0.25) is 11.8 Å². The second-order valence-electron chi connectivity index (χ2n) is 7.99. The molecule has 1 aliphatic heterocycles. The van der Waals surface area contributed by atoms with Crippen molar-refractivity contribution in [1.29, 1.82) is 0 Å². The summed E-state index contributed by atoms with van der Waals surface area (Å²) in [6.07, 6.45) is 13.0. The van der Waals surface area contributed by atoms with Crippen LogP contribution in [0.15, 0.2) is 4.52 Å². The van der Waals surface area contributed by atoms with Crippen LogP contribution in [0.3, 0.4) is 0 Å². The summed E-state index contributed by atoms with van der Waals surface area (Å²) in [5, 5.41) is 4.21. The molecule has 0 spiro atoms. The summed E-state index contributed by atoms with van der Waals surface area (Å²) in [5.74, 6) is 3.49. The summed E-state index contributed by atoms with van der Waals surface area (Å²) in [4.78, 5) is 19.1. The number of likely N-dealkylation sites (tertiary alicyclic amines) is 1. The van der Waals surface area contributed by atoms with E-state index in [0.29, 0.717) is 18.2 Å². The minimum Gasteiger partial charge on any atom is -0.342 e. The van der Waals surface area contributed by atoms with E-state index in [1.807, 2.05) is 4.90 Å². The maximum Gasteiger partial charge on any atom is 0.231 e. The van der Waals surface area contributed by atoms with Crippen molar-refractivity contribution in [2.24, 2.45) is 5.92 Å². The van der Waals surface area contributed by atoms with Gasteiger partial charge in [0.15, 0.2) is 5.82 Å². The maximum absolute atomic E-state index is 12.5. The monoisotopic (exact) mass is 331 g/mol. The van der Waals surface area contributed by atoms with Crippen LogP contribution in [0.1, 0.15) is 94.2 Å². The van der Waals surface area contributed by atoms with Crippen molar-refractivity contribution in [3.05, 3.63) is 11.7 Å². The molecule has 0 radical (unpaired) electrons. The number of carbonyl (C=O) groups is 1. The molecule has 3 aliphatic rings. The van der Waals surface area contributed by atoms with E-state index in [9.17, 15) is 4.79 Å². The van der Waals surface area contributed by atoms with Crippen LogP contribution < -0.4 is 0 Å². The zero-order valence-electron chi connectivity index (χ0n) is 14.6. The largest absolute Gasteiger partial charge is 0.342 e. The van der Waals surface area contributed by atoms with Crippen molar-refractivity contribution in [2.75, 3.05) is 13.1 Å². The van der Waals surface area contributed by atoms with Crippen LogP contribution in [-0.2, 0) is 4.79 Å². The van der Waals surface area contributed by atoms with E-state index in [0.717, 1.165) is 43.6 Å². The molecule has 1 atom stereocenters. The van der Waals surface area contributed by atoms with Crippen molar-refractivity contribution in [3.8, 4) is 0 Å². The Labute approximate surface area is 144 Å². The Morgan fingerprint density at radius 1 is 1.04 bits per heavy atom. The zero-order valence-corrected chi connectivity index (χ0v) is 14.6. The Hall–Kier alpha value is -1.39. The molecule has 0 bridgehead atoms. The summed E-state index contributed by atoms with van der Waals surface area (Å²) >= 11 is 0. The average Bonchev–Trinajstić information content (AvgIpc) is 3.40. The summed E-state index contributed by atoms with van der Waals surface area (Å²) in [7, 11) is 0. The molecule has 2 aliphatic carbocycles. The van der Waals surface area contributed by atoms with Gasteiger partial charge in [-0.3, -0.25) is 4.79 Å². The third-order valence-electron chi connectivity index (χ3n) is 6.31. The Morgan fingerprint density at radius 3 is 2.58 bits per heavy atom. The number of carbonyl (C=O) groups excluding carboxylic acids is 1. The van der Waals surface area contributed by atoms with Gasteiger partial charge in [0.05, 0.1) is 5.92 Å². The lowest BCUT2D eigenvalue weighted by atomic mass is 10.0. The number of hydrogen-bond acceptors (Lipinski definition) is 4. The first-order chi connectivity index (χ1) is 11.8. The summed E-state index contributed by atoms with van der Waals surface area (Å²) in [6.45, 7) is 1.60. The standard InChI is InChI=1S/C19H29N3O2/c23-17(10-9-14-5-1-2-6-14)22-12-11-16(13-22)19-20-18(21-24-19)15-7-3-4-8-15/h14-16H,1-13H2. The summed E-state index contributed by atoms with van der Waals surface area (Å²) in [5.41, 5.74) is 0. The highest BCUT2D eigenvalue weighted by molar-refractivity contribution is 5.76. The van der Waals surface area contributed by atoms with Gasteiger partial charge >= 0.3 is 0 Å². The second kappa shape index (κ2) is 7.24. The van der Waals surface area contributed by atoms with Gasteiger partial charge < -0.3 is 9.42 Å². The molecule has 4 rings (SSSR count). The topological polar surface area (TPSA) is 59.2 Å². The molecule has 2 heterocycles. The average molecular weight is 331 g/mol. The molecule has 1 saturated heterocycles. The molecule has 132 valence electrons. The maximum atomic E-state index is 12.5. The van der Waals surface area contributed by atoms with Crippen molar-refractivity contribution in [2.45, 2.75) is 82.5 Å². The number of rotatable bonds is 5. The van der Waals surface area contributed by atoms with Crippen molar-refractivity contribution in [3.63, 3.8) is 0 Å². The lowest BCUT2D eigenvalue weighted by molar-refractivity contribution is -0.130. The molecule has 1 unspecified atom stereocenters. The summed E-state index contributed by atoms with van der Waals surface area (Å²) < 4.78 is 5.53. The molecule has 24 heavy (non-hydrogen) atoms. The molecule has 3 fully saturated rings. The van der Waals surface area contributed by atoms with Crippen molar-refractivity contribution in [1.82, 2.24) is 15.0 Å². The quantitative estimate of drug-likeness (QED) is 0.818. The Bertz CT molecular complexity index is 559. The van der Waals surface area contributed by atoms with Gasteiger partial charge in [0.1, 0.15) is 0 Å². The van der Waals surface area contributed by atoms with Gasteiger partial charge in [-0.05, 0) is 31.6 Å². The normalized spacial score (nSPS) is 25.8. The van der Waals surface area contributed by atoms with Gasteiger partial charge in [-0.1, -0.05) is 43.7 Å². The minimum absolute atomic E-state index is 0.239. The first-order valence-corrected chi connectivity index (χ1v) is 9.91. The van der Waals surface area contributed by atoms with Crippen molar-refractivity contribution < 1.29 is 9.32 Å². The van der Waals surface area contributed by atoms with Crippen molar-refractivity contribution >= 4 is 5.91 Å². The van der Waals surface area contributed by atoms with Gasteiger partial charge in [-0.2, -0.15) is 4.98 Å². The van der Waals surface area contributed by atoms with Crippen LogP contribution in [0.4, 0.5) is 0 Å². The van der Waals surface area contributed by atoms with Gasteiger partial charge in [0, 0.05) is 25.4 Å². The van der Waals surface area contributed by atoms with E-state index in [1.54, 1.807) is 0 Å². The van der Waals surface area contributed by atoms with Gasteiger partial charge in [-0.25, -0.2) is 0 Å². The lowest BCUT2D eigenvalue weighted by Gasteiger charge is -2.17. The Morgan fingerprint density at radius 2 is 1.79 bits per heavy atom. The smallest absolute Gasteiger partial charge is 0.231 e. The third kappa shape index (κ3) is 3.50. The van der Waals surface area contributed by atoms with Gasteiger partial charge in [0.25, 0.3) is 0 Å². The molecule has 5 heteroatoms. The molecule has 2 saturated carbocycles. The van der Waals surface area contributed by atoms with E-state index in [-0.39, 0.29) is 5.92 Å². The first kappa shape index (κ1) is 16.1. The predicted molar refractivity (Wildman–Crippen MR) is 90.6 cm³/mol. The first-order valence-electron chi connectivity index (χ1n) is 9.91. The molecule has 1 aromatic rings. The van der Waals surface area contributed by atoms with Crippen LogP contribution >= 0.6 is 0 Å². The molecular weight excluding hydrogens is 302 g/mol. The van der Waals surface area contributed by atoms with E-state index in [2.05, 4.69) is 10.1 Å². The van der Waals surface area contributed by atoms with E-state index in [4.69, 9.17) is 4.52 Å². The van der Waals surface area contributed by atoms with Crippen LogP contribution in [-0.4, -0.2) is 34.0 Å². The number of amides is 1. The molecule has 0 aromatic carbocycles. The van der Waals surface area contributed by atoms with Crippen LogP contribution in [0, 0.1) is 5.92 Å². The van der Waals surface area contributed by atoms with E-state index < -0.39 is 0 Å². The molecule has 1 aromatic heterocycles. The number of nitrogens with zero attached hydrogens (tertiary/aromatic N) is 3. The highest BCUT2D eigenvalue weighted by atomic mass is 16.5. The Kier molecular flexibility index (Phi) is 4.86. The van der Waals surface area contributed by atoms with E-state index in [1.165, 1.54) is 51.4 Å². The lowest BCUT2D eigenvalue weighted by Crippen LogP contribution is -2.28. The minimum atomic E-state index is 0.239. The van der Waals surface area contributed by atoms with Crippen LogP contribution in [0.2, 0.25) is 0 Å². The molecule has 0 N–H and O–H groups in total.